The molecule has 2 aromatic carbocycles. The number of rotatable bonds is 0. The first-order valence-corrected chi connectivity index (χ1v) is 8.23. The van der Waals surface area contributed by atoms with Crippen LogP contribution in [0.1, 0.15) is 17.2 Å². The van der Waals surface area contributed by atoms with Gasteiger partial charge in [-0.15, -0.1) is 0 Å². The molecule has 2 N–H and O–H groups in total. The highest BCUT2D eigenvalue weighted by Gasteiger charge is 2.56. The second-order valence-corrected chi connectivity index (χ2v) is 6.56. The number of aliphatic hydroxyl groups is 2. The zero-order valence-electron chi connectivity index (χ0n) is 13.4. The second-order valence-electron chi connectivity index (χ2n) is 6.56. The molecule has 134 valence electrons. The predicted octanol–water partition coefficient (Wildman–Crippen LogP) is 1.22. The van der Waals surface area contributed by atoms with Gasteiger partial charge in [0, 0.05) is 17.2 Å². The lowest BCUT2D eigenvalue weighted by Gasteiger charge is -2.47. The Labute approximate surface area is 147 Å². The van der Waals surface area contributed by atoms with Gasteiger partial charge in [0.05, 0.1) is 0 Å². The minimum Gasteiger partial charge on any atom is -0.489 e. The standard InChI is InChI=1S/C18H14O8/c19-17-8-1-2-10-16(25-7-22-10)15(8)26-14-5-21-11-4-13-12(23-6-24-13)3-9(11)18(14,17)20/h1-4,14,17,19-20H,5-7H2/t14-,17-,18+/m1/s1. The normalized spacial score (nSPS) is 29.2. The molecule has 0 saturated carbocycles. The molecule has 4 aliphatic rings. The summed E-state index contributed by atoms with van der Waals surface area (Å²) >= 11 is 0. The van der Waals surface area contributed by atoms with Gasteiger partial charge >= 0.3 is 0 Å². The van der Waals surface area contributed by atoms with E-state index in [4.69, 9.17) is 28.4 Å². The first-order chi connectivity index (χ1) is 12.7. The van der Waals surface area contributed by atoms with E-state index >= 15 is 0 Å². The Kier molecular flexibility index (Phi) is 2.57. The summed E-state index contributed by atoms with van der Waals surface area (Å²) in [6.45, 7) is 0.249. The van der Waals surface area contributed by atoms with E-state index in [0.29, 0.717) is 45.6 Å². The van der Waals surface area contributed by atoms with Crippen molar-refractivity contribution in [2.75, 3.05) is 20.2 Å². The van der Waals surface area contributed by atoms with Gasteiger partial charge in [0.25, 0.3) is 0 Å². The van der Waals surface area contributed by atoms with Crippen molar-refractivity contribution in [3.05, 3.63) is 35.4 Å². The molecule has 0 saturated heterocycles. The van der Waals surface area contributed by atoms with Crippen LogP contribution < -0.4 is 28.4 Å². The van der Waals surface area contributed by atoms with Gasteiger partial charge in [-0.2, -0.15) is 0 Å². The molecular formula is C18H14O8. The van der Waals surface area contributed by atoms with Crippen molar-refractivity contribution in [3.63, 3.8) is 0 Å². The van der Waals surface area contributed by atoms with Crippen molar-refractivity contribution in [2.24, 2.45) is 0 Å². The van der Waals surface area contributed by atoms with Crippen LogP contribution in [0.2, 0.25) is 0 Å². The summed E-state index contributed by atoms with van der Waals surface area (Å²) in [4.78, 5) is 0. The summed E-state index contributed by atoms with van der Waals surface area (Å²) in [6.07, 6.45) is -2.07. The van der Waals surface area contributed by atoms with E-state index in [1.165, 1.54) is 0 Å². The summed E-state index contributed by atoms with van der Waals surface area (Å²) in [5.41, 5.74) is -0.873. The quantitative estimate of drug-likeness (QED) is 0.726. The minimum atomic E-state index is -1.70. The number of aliphatic hydroxyl groups excluding tert-OH is 1. The van der Waals surface area contributed by atoms with Gasteiger partial charge in [0.2, 0.25) is 19.3 Å². The van der Waals surface area contributed by atoms with Crippen molar-refractivity contribution < 1.29 is 38.6 Å². The molecule has 0 aromatic heterocycles. The van der Waals surface area contributed by atoms with Crippen molar-refractivity contribution in [1.29, 1.82) is 0 Å². The van der Waals surface area contributed by atoms with Crippen LogP contribution in [0.3, 0.4) is 0 Å². The smallest absolute Gasteiger partial charge is 0.231 e. The molecule has 0 aliphatic carbocycles. The van der Waals surface area contributed by atoms with Crippen molar-refractivity contribution >= 4 is 0 Å². The van der Waals surface area contributed by atoms with Crippen molar-refractivity contribution in [1.82, 2.24) is 0 Å². The topological polar surface area (TPSA) is 95.8 Å². The third-order valence-electron chi connectivity index (χ3n) is 5.28. The average molecular weight is 358 g/mol. The van der Waals surface area contributed by atoms with Crippen LogP contribution in [-0.4, -0.2) is 36.5 Å². The van der Waals surface area contributed by atoms with Crippen LogP contribution in [0.4, 0.5) is 0 Å². The van der Waals surface area contributed by atoms with Gasteiger partial charge in [-0.25, -0.2) is 0 Å². The molecule has 6 rings (SSSR count). The molecule has 0 radical (unpaired) electrons. The van der Waals surface area contributed by atoms with Gasteiger partial charge in [-0.1, -0.05) is 0 Å². The molecule has 3 atom stereocenters. The zero-order valence-corrected chi connectivity index (χ0v) is 13.4. The molecule has 0 spiro atoms. The van der Waals surface area contributed by atoms with Crippen LogP contribution in [0, 0.1) is 0 Å². The summed E-state index contributed by atoms with van der Waals surface area (Å²) in [5.74, 6) is 2.81. The Bertz CT molecular complexity index is 941. The maximum atomic E-state index is 11.5. The van der Waals surface area contributed by atoms with Crippen LogP contribution in [0.5, 0.6) is 34.5 Å². The SMILES string of the molecule is O[C@@H]1c2ccc3c(c2O[C@@H]2COc4cc5c(cc4[C@@]12O)OCO5)OCO3. The molecule has 4 aliphatic heterocycles. The fourth-order valence-electron chi connectivity index (χ4n) is 3.95. The molecule has 4 heterocycles. The second kappa shape index (κ2) is 4.66. The van der Waals surface area contributed by atoms with E-state index in [2.05, 4.69) is 0 Å². The van der Waals surface area contributed by atoms with E-state index < -0.39 is 17.8 Å². The zero-order chi connectivity index (χ0) is 17.5. The Balaban J connectivity index is 1.54. The Morgan fingerprint density at radius 2 is 1.62 bits per heavy atom. The first-order valence-electron chi connectivity index (χ1n) is 8.23. The minimum absolute atomic E-state index is 0.0597. The molecule has 8 heteroatoms. The lowest BCUT2D eigenvalue weighted by atomic mass is 9.76. The van der Waals surface area contributed by atoms with Crippen LogP contribution in [-0.2, 0) is 5.60 Å². The largest absolute Gasteiger partial charge is 0.489 e. The molecule has 0 fully saturated rings. The van der Waals surface area contributed by atoms with Crippen molar-refractivity contribution in [2.45, 2.75) is 17.8 Å². The van der Waals surface area contributed by atoms with Crippen molar-refractivity contribution in [3.8, 4) is 34.5 Å². The average Bonchev–Trinajstić information content (AvgIpc) is 3.30. The van der Waals surface area contributed by atoms with E-state index in [-0.39, 0.29) is 20.2 Å². The highest BCUT2D eigenvalue weighted by atomic mass is 16.7. The van der Waals surface area contributed by atoms with E-state index in [1.54, 1.807) is 24.3 Å². The number of ether oxygens (including phenoxy) is 6. The number of hydrogen-bond acceptors (Lipinski definition) is 8. The van der Waals surface area contributed by atoms with Crippen LogP contribution in [0.25, 0.3) is 0 Å². The highest BCUT2D eigenvalue weighted by Crippen LogP contribution is 2.57. The van der Waals surface area contributed by atoms with Gasteiger partial charge in [-0.3, -0.25) is 0 Å². The van der Waals surface area contributed by atoms with E-state index in [9.17, 15) is 10.2 Å². The number of fused-ring (bicyclic) bond motifs is 7. The highest BCUT2D eigenvalue weighted by molar-refractivity contribution is 5.62. The molecule has 26 heavy (non-hydrogen) atoms. The number of benzene rings is 2. The summed E-state index contributed by atoms with van der Waals surface area (Å²) in [5, 5.41) is 22.6. The molecular weight excluding hydrogens is 344 g/mol. The molecule has 0 unspecified atom stereocenters. The summed E-state index contributed by atoms with van der Waals surface area (Å²) in [7, 11) is 0. The number of hydrogen-bond donors (Lipinski definition) is 2. The maximum Gasteiger partial charge on any atom is 0.231 e. The van der Waals surface area contributed by atoms with E-state index in [1.807, 2.05) is 0 Å². The monoisotopic (exact) mass is 358 g/mol. The predicted molar refractivity (Wildman–Crippen MR) is 83.9 cm³/mol. The fourth-order valence-corrected chi connectivity index (χ4v) is 3.95. The first kappa shape index (κ1) is 14.3. The molecule has 0 amide bonds. The maximum absolute atomic E-state index is 11.5. The lowest BCUT2D eigenvalue weighted by molar-refractivity contribution is -0.179. The third-order valence-corrected chi connectivity index (χ3v) is 5.28. The molecule has 2 aromatic rings. The summed E-state index contributed by atoms with van der Waals surface area (Å²) in [6, 6.07) is 6.66. The Morgan fingerprint density at radius 3 is 2.50 bits per heavy atom. The fraction of sp³-hybridized carbons (Fsp3) is 0.333. The summed E-state index contributed by atoms with van der Waals surface area (Å²) < 4.78 is 33.4. The lowest BCUT2D eigenvalue weighted by Crippen LogP contribution is -2.55. The van der Waals surface area contributed by atoms with Crippen LogP contribution >= 0.6 is 0 Å². The van der Waals surface area contributed by atoms with Gasteiger partial charge in [-0.05, 0) is 18.2 Å². The third kappa shape index (κ3) is 1.61. The van der Waals surface area contributed by atoms with Gasteiger partial charge in [0.1, 0.15) is 18.5 Å². The molecule has 8 nitrogen and oxygen atoms in total. The van der Waals surface area contributed by atoms with Gasteiger partial charge < -0.3 is 38.6 Å². The Morgan fingerprint density at radius 1 is 0.846 bits per heavy atom. The molecule has 0 bridgehead atoms. The van der Waals surface area contributed by atoms with E-state index in [0.717, 1.165) is 0 Å². The Hall–Kier alpha value is -2.84. The van der Waals surface area contributed by atoms with Crippen LogP contribution in [0.15, 0.2) is 24.3 Å². The van der Waals surface area contributed by atoms with Gasteiger partial charge in [0.15, 0.2) is 34.7 Å².